The van der Waals surface area contributed by atoms with Crippen molar-refractivity contribution in [1.29, 1.82) is 0 Å². The van der Waals surface area contributed by atoms with Crippen molar-refractivity contribution >= 4 is 30.0 Å². The van der Waals surface area contributed by atoms with Gasteiger partial charge in [0.15, 0.2) is 0 Å². The molecule has 9 nitrogen and oxygen atoms in total. The number of nitrogens with one attached hydrogen (secondary N) is 1. The molecule has 0 bridgehead atoms. The van der Waals surface area contributed by atoms with E-state index in [4.69, 9.17) is 14.2 Å². The molecule has 64 heavy (non-hydrogen) atoms. The monoisotopic (exact) mass is 858 g/mol. The van der Waals surface area contributed by atoms with Gasteiger partial charge < -0.3 is 19.5 Å². The maximum absolute atomic E-state index is 14.0. The summed E-state index contributed by atoms with van der Waals surface area (Å²) in [5.74, 6) is -1.18. The Morgan fingerprint density at radius 2 is 1.06 bits per heavy atom. The topological polar surface area (TPSA) is 111 Å². The Labute approximate surface area is 376 Å². The van der Waals surface area contributed by atoms with Crippen molar-refractivity contribution in [1.82, 2.24) is 10.2 Å². The van der Waals surface area contributed by atoms with Gasteiger partial charge in [-0.3, -0.25) is 14.5 Å². The molecular formula is C55H58N2O7. The van der Waals surface area contributed by atoms with Crippen LogP contribution in [0.2, 0.25) is 0 Å². The van der Waals surface area contributed by atoms with Crippen molar-refractivity contribution in [3.8, 4) is 22.3 Å². The lowest BCUT2D eigenvalue weighted by Crippen LogP contribution is -2.42. The van der Waals surface area contributed by atoms with Gasteiger partial charge in [0.2, 0.25) is 0 Å². The van der Waals surface area contributed by atoms with E-state index >= 15 is 0 Å². The zero-order chi connectivity index (χ0) is 44.3. The van der Waals surface area contributed by atoms with E-state index in [1.165, 1.54) is 4.90 Å². The van der Waals surface area contributed by atoms with Crippen molar-refractivity contribution in [2.45, 2.75) is 94.6 Å². The van der Waals surface area contributed by atoms with E-state index in [0.717, 1.165) is 101 Å². The number of unbranched alkanes of at least 4 members (excludes halogenated alkanes) is 8. The number of fused-ring (bicyclic) bond motifs is 6. The lowest BCUT2D eigenvalue weighted by atomic mass is 9.98. The molecular weight excluding hydrogens is 801 g/mol. The van der Waals surface area contributed by atoms with Crippen molar-refractivity contribution in [3.05, 3.63) is 161 Å². The fourth-order valence-electron chi connectivity index (χ4n) is 9.64. The van der Waals surface area contributed by atoms with Crippen LogP contribution < -0.4 is 5.32 Å². The molecule has 0 aromatic heterocycles. The Kier molecular flexibility index (Phi) is 14.7. The Bertz CT molecular complexity index is 2230. The fourth-order valence-corrected chi connectivity index (χ4v) is 9.64. The third-order valence-electron chi connectivity index (χ3n) is 13.0. The molecule has 1 N–H and O–H groups in total. The summed E-state index contributed by atoms with van der Waals surface area (Å²) in [7, 11) is 0. The molecule has 0 saturated carbocycles. The molecule has 0 spiro atoms. The van der Waals surface area contributed by atoms with E-state index in [9.17, 15) is 19.2 Å². The average molecular weight is 859 g/mol. The van der Waals surface area contributed by atoms with Gasteiger partial charge in [0.1, 0.15) is 25.4 Å². The molecule has 0 radical (unpaired) electrons. The summed E-state index contributed by atoms with van der Waals surface area (Å²) in [4.78, 5) is 54.8. The summed E-state index contributed by atoms with van der Waals surface area (Å²) < 4.78 is 18.0. The smallest absolute Gasteiger partial charge is 0.410 e. The Morgan fingerprint density at radius 1 is 0.594 bits per heavy atom. The third kappa shape index (κ3) is 10.3. The van der Waals surface area contributed by atoms with Gasteiger partial charge in [-0.2, -0.15) is 0 Å². The first-order valence-electron chi connectivity index (χ1n) is 23.1. The summed E-state index contributed by atoms with van der Waals surface area (Å²) in [5.41, 5.74) is 10.6. The summed E-state index contributed by atoms with van der Waals surface area (Å²) in [6.07, 6.45) is 10.1. The highest BCUT2D eigenvalue weighted by Gasteiger charge is 2.44. The van der Waals surface area contributed by atoms with Crippen molar-refractivity contribution < 1.29 is 33.4 Å². The lowest BCUT2D eigenvalue weighted by Gasteiger charge is -2.24. The van der Waals surface area contributed by atoms with Crippen LogP contribution in [0.3, 0.4) is 0 Å². The number of ether oxygens (including phenoxy) is 3. The zero-order valence-corrected chi connectivity index (χ0v) is 36.6. The number of rotatable bonds is 20. The molecule has 9 heteroatoms. The summed E-state index contributed by atoms with van der Waals surface area (Å²) in [6.45, 7) is 4.70. The highest BCUT2D eigenvalue weighted by atomic mass is 16.6. The highest BCUT2D eigenvalue weighted by molar-refractivity contribution is 5.94. The van der Waals surface area contributed by atoms with Gasteiger partial charge in [-0.05, 0) is 75.0 Å². The first-order chi connectivity index (χ1) is 31.4. The van der Waals surface area contributed by atoms with Gasteiger partial charge in [-0.15, -0.1) is 0 Å². The Balaban J connectivity index is 0.791. The van der Waals surface area contributed by atoms with Gasteiger partial charge in [0, 0.05) is 36.8 Å². The average Bonchev–Trinajstić information content (AvgIpc) is 4.00. The second-order valence-electron chi connectivity index (χ2n) is 17.2. The molecule has 1 saturated heterocycles. The van der Waals surface area contributed by atoms with Crippen LogP contribution in [-0.4, -0.2) is 67.3 Å². The predicted molar refractivity (Wildman–Crippen MR) is 250 cm³/mol. The molecule has 8 rings (SSSR count). The predicted octanol–water partition coefficient (Wildman–Crippen LogP) is 11.3. The Hall–Kier alpha value is -6.48. The second kappa shape index (κ2) is 21.3. The largest absolute Gasteiger partial charge is 0.463 e. The molecule has 5 aromatic carbocycles. The first-order valence-corrected chi connectivity index (χ1v) is 23.1. The van der Waals surface area contributed by atoms with Crippen LogP contribution >= 0.6 is 0 Å². The molecule has 0 unspecified atom stereocenters. The Morgan fingerprint density at radius 3 is 1.58 bits per heavy atom. The zero-order valence-electron chi connectivity index (χ0n) is 36.6. The number of benzene rings is 5. The molecule has 2 atom stereocenters. The number of carbonyl (C=O) groups excluding carboxylic acids is 4. The van der Waals surface area contributed by atoms with Gasteiger partial charge in [0.25, 0.3) is 5.91 Å². The van der Waals surface area contributed by atoms with E-state index in [1.807, 2.05) is 72.8 Å². The van der Waals surface area contributed by atoms with Crippen molar-refractivity contribution in [3.63, 3.8) is 0 Å². The van der Waals surface area contributed by atoms with Gasteiger partial charge >= 0.3 is 18.0 Å². The normalized spacial score (nSPS) is 16.0. The number of likely N-dealkylation sites (tertiary alicyclic amines) is 1. The minimum Gasteiger partial charge on any atom is -0.463 e. The maximum atomic E-state index is 14.0. The second-order valence-corrected chi connectivity index (χ2v) is 17.2. The van der Waals surface area contributed by atoms with E-state index in [1.54, 1.807) is 6.08 Å². The molecule has 330 valence electrons. The number of amides is 2. The highest BCUT2D eigenvalue weighted by Crippen LogP contribution is 2.46. The molecule has 1 fully saturated rings. The summed E-state index contributed by atoms with van der Waals surface area (Å²) in [5, 5.41) is 3.00. The SMILES string of the molecule is C=Cc1ccc(C(=O)NCCCCCCCCCCCC(=O)O[C@@H]2C[C@@H](C(=O)OCC3c4ccccc4-c4ccccc43)N(C(=O)OCC3c4ccccc4-c4ccccc43)C2)cc1. The van der Waals surface area contributed by atoms with Crippen LogP contribution in [-0.2, 0) is 23.8 Å². The number of carbonyl (C=O) groups is 4. The van der Waals surface area contributed by atoms with Crippen LogP contribution in [0.1, 0.15) is 121 Å². The third-order valence-corrected chi connectivity index (χ3v) is 13.0. The molecule has 2 aliphatic carbocycles. The summed E-state index contributed by atoms with van der Waals surface area (Å²) in [6, 6.07) is 39.1. The minimum atomic E-state index is -0.959. The van der Waals surface area contributed by atoms with Crippen molar-refractivity contribution in [2.24, 2.45) is 0 Å². The van der Waals surface area contributed by atoms with Crippen LogP contribution in [0, 0.1) is 0 Å². The fraction of sp³-hybridized carbons (Fsp3) is 0.345. The number of hydrogen-bond acceptors (Lipinski definition) is 7. The number of esters is 2. The van der Waals surface area contributed by atoms with E-state index in [-0.39, 0.29) is 56.3 Å². The van der Waals surface area contributed by atoms with Crippen LogP contribution in [0.25, 0.3) is 28.3 Å². The minimum absolute atomic E-state index is 0.0454. The van der Waals surface area contributed by atoms with Gasteiger partial charge in [-0.1, -0.05) is 167 Å². The van der Waals surface area contributed by atoms with Gasteiger partial charge in [-0.25, -0.2) is 9.59 Å². The van der Waals surface area contributed by atoms with E-state index in [2.05, 4.69) is 60.4 Å². The first kappa shape index (κ1) is 44.1. The standard InChI is InChI=1S/C55H58N2O7/c1-2-38-29-31-39(32-30-38)53(59)56-33-19-9-7-5-3-4-6-8-10-28-52(58)64-40-34-51(54(60)62-36-49-45-24-15-11-20-41(45)42-21-12-16-25-46(42)49)57(35-40)55(61)63-37-50-47-26-17-13-22-43(47)44-23-14-18-27-48(44)50/h2,11-18,20-27,29-32,40,49-51H,1,3-10,19,28,33-37H2,(H,56,59)/t40-,51+/m1/s1. The van der Waals surface area contributed by atoms with E-state index in [0.29, 0.717) is 18.5 Å². The van der Waals surface area contributed by atoms with Crippen LogP contribution in [0.5, 0.6) is 0 Å². The molecule has 2 amide bonds. The lowest BCUT2D eigenvalue weighted by molar-refractivity contribution is -0.151. The number of hydrogen-bond donors (Lipinski definition) is 1. The van der Waals surface area contributed by atoms with Crippen molar-refractivity contribution in [2.75, 3.05) is 26.3 Å². The molecule has 1 aliphatic heterocycles. The number of nitrogens with zero attached hydrogens (tertiary/aromatic N) is 1. The quantitative estimate of drug-likeness (QED) is 0.0471. The molecule has 3 aliphatic rings. The molecule has 5 aromatic rings. The van der Waals surface area contributed by atoms with Gasteiger partial charge in [0.05, 0.1) is 6.54 Å². The van der Waals surface area contributed by atoms with E-state index < -0.39 is 24.2 Å². The molecule has 1 heterocycles. The van der Waals surface area contributed by atoms with Crippen LogP contribution in [0.4, 0.5) is 4.79 Å². The summed E-state index contributed by atoms with van der Waals surface area (Å²) >= 11 is 0. The van der Waals surface area contributed by atoms with Crippen LogP contribution in [0.15, 0.2) is 128 Å². The maximum Gasteiger partial charge on any atom is 0.410 e.